The van der Waals surface area contributed by atoms with Crippen LogP contribution in [0.1, 0.15) is 96.3 Å². The SMILES string of the molecule is NC1=NC2(CCCCC2)N(OCCCCCCC2CCCCC2)C(N)=N1. The van der Waals surface area contributed by atoms with E-state index in [0.717, 1.165) is 38.0 Å². The van der Waals surface area contributed by atoms with Crippen molar-refractivity contribution in [1.29, 1.82) is 0 Å². The molecule has 2 saturated carbocycles. The summed E-state index contributed by atoms with van der Waals surface area (Å²) in [5, 5.41) is 1.75. The molecule has 1 aliphatic heterocycles. The molecule has 0 radical (unpaired) electrons. The van der Waals surface area contributed by atoms with Crippen LogP contribution in [0.2, 0.25) is 0 Å². The number of guanidine groups is 2. The molecule has 148 valence electrons. The first-order valence-corrected chi connectivity index (χ1v) is 10.8. The van der Waals surface area contributed by atoms with E-state index in [-0.39, 0.29) is 5.96 Å². The molecule has 0 atom stereocenters. The van der Waals surface area contributed by atoms with Crippen LogP contribution in [0.15, 0.2) is 9.98 Å². The summed E-state index contributed by atoms with van der Waals surface area (Å²) in [7, 11) is 0. The van der Waals surface area contributed by atoms with Gasteiger partial charge < -0.3 is 11.5 Å². The highest BCUT2D eigenvalue weighted by Crippen LogP contribution is 2.36. The molecule has 6 heteroatoms. The fourth-order valence-corrected chi connectivity index (χ4v) is 4.80. The van der Waals surface area contributed by atoms with Crippen LogP contribution < -0.4 is 11.5 Å². The molecule has 3 rings (SSSR count). The normalized spacial score (nSPS) is 23.8. The molecule has 26 heavy (non-hydrogen) atoms. The molecule has 1 spiro atoms. The van der Waals surface area contributed by atoms with Gasteiger partial charge in [0, 0.05) is 0 Å². The zero-order valence-electron chi connectivity index (χ0n) is 16.3. The maximum atomic E-state index is 6.11. The number of hydrogen-bond donors (Lipinski definition) is 2. The molecule has 6 nitrogen and oxygen atoms in total. The predicted octanol–water partition coefficient (Wildman–Crippen LogP) is 4.05. The quantitative estimate of drug-likeness (QED) is 0.637. The zero-order chi connectivity index (χ0) is 18.2. The summed E-state index contributed by atoms with van der Waals surface area (Å²) in [6.07, 6.45) is 19.0. The average molecular weight is 364 g/mol. The summed E-state index contributed by atoms with van der Waals surface area (Å²) in [4.78, 5) is 14.8. The summed E-state index contributed by atoms with van der Waals surface area (Å²) < 4.78 is 0. The Kier molecular flexibility index (Phi) is 7.17. The lowest BCUT2D eigenvalue weighted by Gasteiger charge is -2.44. The minimum absolute atomic E-state index is 0.284. The number of rotatable bonds is 8. The Hall–Kier alpha value is -1.30. The molecule has 1 heterocycles. The monoisotopic (exact) mass is 363 g/mol. The van der Waals surface area contributed by atoms with Crippen LogP contribution in [0.4, 0.5) is 0 Å². The molecule has 0 aromatic carbocycles. The molecule has 0 aromatic rings. The number of unbranched alkanes of at least 4 members (excludes halogenated alkanes) is 3. The van der Waals surface area contributed by atoms with Gasteiger partial charge in [-0.2, -0.15) is 10.1 Å². The second-order valence-corrected chi connectivity index (χ2v) is 8.32. The van der Waals surface area contributed by atoms with Gasteiger partial charge in [0.1, 0.15) is 0 Å². The van der Waals surface area contributed by atoms with E-state index in [1.807, 2.05) is 0 Å². The second-order valence-electron chi connectivity index (χ2n) is 8.32. The minimum atomic E-state index is -0.421. The highest BCUT2D eigenvalue weighted by atomic mass is 16.7. The van der Waals surface area contributed by atoms with E-state index in [4.69, 9.17) is 16.3 Å². The molecule has 3 aliphatic rings. The van der Waals surface area contributed by atoms with Crippen molar-refractivity contribution >= 4 is 11.9 Å². The molecule has 2 aliphatic carbocycles. The lowest BCUT2D eigenvalue weighted by atomic mass is 9.85. The van der Waals surface area contributed by atoms with Crippen molar-refractivity contribution in [2.75, 3.05) is 6.61 Å². The third-order valence-corrected chi connectivity index (χ3v) is 6.24. The highest BCUT2D eigenvalue weighted by molar-refractivity contribution is 5.95. The van der Waals surface area contributed by atoms with E-state index >= 15 is 0 Å². The number of aliphatic imine (C=N–C) groups is 2. The molecule has 0 unspecified atom stereocenters. The van der Waals surface area contributed by atoms with Gasteiger partial charge >= 0.3 is 0 Å². The summed E-state index contributed by atoms with van der Waals surface area (Å²) in [6, 6.07) is 0. The zero-order valence-corrected chi connectivity index (χ0v) is 16.3. The maximum absolute atomic E-state index is 6.11. The Bertz CT molecular complexity index is 492. The van der Waals surface area contributed by atoms with Gasteiger partial charge in [-0.25, -0.2) is 4.99 Å². The van der Waals surface area contributed by atoms with Crippen molar-refractivity contribution in [2.45, 2.75) is 102 Å². The van der Waals surface area contributed by atoms with Gasteiger partial charge in [-0.3, -0.25) is 4.84 Å². The first-order chi connectivity index (χ1) is 12.7. The summed E-state index contributed by atoms with van der Waals surface area (Å²) in [5.41, 5.74) is 11.6. The van der Waals surface area contributed by atoms with Crippen LogP contribution in [0, 0.1) is 5.92 Å². The Morgan fingerprint density at radius 3 is 2.38 bits per heavy atom. The predicted molar refractivity (Wildman–Crippen MR) is 107 cm³/mol. The lowest BCUT2D eigenvalue weighted by molar-refractivity contribution is -0.177. The Balaban J connectivity index is 1.36. The molecule has 0 amide bonds. The minimum Gasteiger partial charge on any atom is -0.368 e. The van der Waals surface area contributed by atoms with E-state index in [9.17, 15) is 0 Å². The average Bonchev–Trinajstić information content (AvgIpc) is 2.64. The summed E-state index contributed by atoms with van der Waals surface area (Å²) >= 11 is 0. The smallest absolute Gasteiger partial charge is 0.226 e. The molecule has 2 fully saturated rings. The van der Waals surface area contributed by atoms with Crippen molar-refractivity contribution in [3.05, 3.63) is 0 Å². The van der Waals surface area contributed by atoms with E-state index in [1.165, 1.54) is 64.2 Å². The Labute approximate surface area is 158 Å². The second kappa shape index (κ2) is 9.58. The first-order valence-electron chi connectivity index (χ1n) is 10.8. The van der Waals surface area contributed by atoms with Crippen molar-refractivity contribution in [3.8, 4) is 0 Å². The standard InChI is InChI=1S/C20H37N5O/c21-18-23-19(22)25(20(24-18)14-8-4-9-15-20)26-16-10-2-1-5-11-17-12-6-3-7-13-17/h17H,1-16H2,(H4,21,22,23,24). The van der Waals surface area contributed by atoms with Gasteiger partial charge in [0.15, 0.2) is 5.66 Å². The number of nitrogens with zero attached hydrogens (tertiary/aromatic N) is 3. The van der Waals surface area contributed by atoms with Crippen LogP contribution in [0.25, 0.3) is 0 Å². The van der Waals surface area contributed by atoms with Gasteiger partial charge in [0.25, 0.3) is 0 Å². The van der Waals surface area contributed by atoms with Crippen LogP contribution in [-0.2, 0) is 4.84 Å². The van der Waals surface area contributed by atoms with Crippen molar-refractivity contribution in [3.63, 3.8) is 0 Å². The largest absolute Gasteiger partial charge is 0.368 e. The third kappa shape index (κ3) is 5.12. The van der Waals surface area contributed by atoms with E-state index < -0.39 is 5.66 Å². The molecular formula is C20H37N5O. The first kappa shape index (κ1) is 19.5. The number of hydrogen-bond acceptors (Lipinski definition) is 6. The van der Waals surface area contributed by atoms with E-state index in [0.29, 0.717) is 12.6 Å². The molecule has 0 bridgehead atoms. The van der Waals surface area contributed by atoms with Gasteiger partial charge in [-0.1, -0.05) is 64.2 Å². The topological polar surface area (TPSA) is 89.2 Å². The van der Waals surface area contributed by atoms with Gasteiger partial charge in [-0.15, -0.1) is 0 Å². The van der Waals surface area contributed by atoms with Crippen molar-refractivity contribution in [2.24, 2.45) is 27.4 Å². The molecule has 0 saturated heterocycles. The van der Waals surface area contributed by atoms with Gasteiger partial charge in [0.05, 0.1) is 6.61 Å². The maximum Gasteiger partial charge on any atom is 0.226 e. The Morgan fingerprint density at radius 2 is 1.62 bits per heavy atom. The van der Waals surface area contributed by atoms with E-state index in [1.54, 1.807) is 5.06 Å². The lowest BCUT2D eigenvalue weighted by Crippen LogP contribution is -2.57. The fourth-order valence-electron chi connectivity index (χ4n) is 4.80. The number of nitrogens with two attached hydrogens (primary N) is 2. The highest BCUT2D eigenvalue weighted by Gasteiger charge is 2.42. The van der Waals surface area contributed by atoms with Gasteiger partial charge in [0.2, 0.25) is 11.9 Å². The van der Waals surface area contributed by atoms with Gasteiger partial charge in [-0.05, 0) is 38.0 Å². The third-order valence-electron chi connectivity index (χ3n) is 6.24. The van der Waals surface area contributed by atoms with Crippen molar-refractivity contribution in [1.82, 2.24) is 5.06 Å². The number of hydroxylamine groups is 2. The summed E-state index contributed by atoms with van der Waals surface area (Å²) in [5.74, 6) is 1.64. The van der Waals surface area contributed by atoms with Crippen LogP contribution >= 0.6 is 0 Å². The van der Waals surface area contributed by atoms with Crippen LogP contribution in [0.5, 0.6) is 0 Å². The summed E-state index contributed by atoms with van der Waals surface area (Å²) in [6.45, 7) is 0.677. The molecular weight excluding hydrogens is 326 g/mol. The molecule has 4 N–H and O–H groups in total. The fraction of sp³-hybridized carbons (Fsp3) is 0.900. The van der Waals surface area contributed by atoms with Crippen LogP contribution in [-0.4, -0.2) is 29.3 Å². The van der Waals surface area contributed by atoms with Crippen LogP contribution in [0.3, 0.4) is 0 Å². The van der Waals surface area contributed by atoms with E-state index in [2.05, 4.69) is 9.98 Å². The Morgan fingerprint density at radius 1 is 0.923 bits per heavy atom. The molecule has 0 aromatic heterocycles. The van der Waals surface area contributed by atoms with Crippen molar-refractivity contribution < 1.29 is 4.84 Å².